The van der Waals surface area contributed by atoms with Crippen LogP contribution in [0.5, 0.6) is 0 Å². The van der Waals surface area contributed by atoms with Crippen LogP contribution in [0.1, 0.15) is 22.8 Å². The van der Waals surface area contributed by atoms with E-state index in [0.29, 0.717) is 24.5 Å². The second kappa shape index (κ2) is 5.25. The van der Waals surface area contributed by atoms with Crippen LogP contribution in [0.15, 0.2) is 69.9 Å². The molecule has 138 valence electrons. The van der Waals surface area contributed by atoms with Gasteiger partial charge in [0.2, 0.25) is 5.41 Å². The third-order valence-electron chi connectivity index (χ3n) is 6.04. The number of hydrogen-bond donors (Lipinski definition) is 1. The van der Waals surface area contributed by atoms with Crippen LogP contribution in [0.4, 0.5) is 0 Å². The Labute approximate surface area is 159 Å². The molecule has 1 unspecified atom stereocenters. The van der Waals surface area contributed by atoms with Crippen molar-refractivity contribution in [3.8, 4) is 0 Å². The van der Waals surface area contributed by atoms with Crippen LogP contribution in [0, 0.1) is 0 Å². The summed E-state index contributed by atoms with van der Waals surface area (Å²) in [6.07, 6.45) is 3.44. The zero-order valence-electron chi connectivity index (χ0n) is 14.8. The van der Waals surface area contributed by atoms with E-state index in [1.54, 1.807) is 29.2 Å². The van der Waals surface area contributed by atoms with Crippen molar-refractivity contribution >= 4 is 22.6 Å². The molecule has 1 aromatic carbocycles. The molecule has 1 saturated heterocycles. The van der Waals surface area contributed by atoms with Gasteiger partial charge in [0, 0.05) is 23.0 Å². The van der Waals surface area contributed by atoms with E-state index in [-0.39, 0.29) is 11.7 Å². The number of Topliss-reactive ketones (excluding diaryl/α,β-unsaturated/α-hetero) is 1. The van der Waals surface area contributed by atoms with Gasteiger partial charge in [0.05, 0.1) is 25.1 Å². The van der Waals surface area contributed by atoms with Gasteiger partial charge < -0.3 is 18.7 Å². The van der Waals surface area contributed by atoms with E-state index in [9.17, 15) is 9.59 Å². The molecular weight excluding hydrogens is 356 g/mol. The molecule has 0 spiro atoms. The van der Waals surface area contributed by atoms with Gasteiger partial charge >= 0.3 is 0 Å². The van der Waals surface area contributed by atoms with Gasteiger partial charge in [-0.3, -0.25) is 9.59 Å². The summed E-state index contributed by atoms with van der Waals surface area (Å²) in [5.41, 5.74) is 1.55. The molecule has 0 aliphatic carbocycles. The van der Waals surface area contributed by atoms with E-state index in [1.807, 2.05) is 24.3 Å². The fourth-order valence-corrected chi connectivity index (χ4v) is 4.79. The summed E-state index contributed by atoms with van der Waals surface area (Å²) in [4.78, 5) is 32.5. The number of hydrogen-bond acceptors (Lipinski definition) is 4. The Morgan fingerprint density at radius 1 is 0.964 bits per heavy atom. The Morgan fingerprint density at radius 2 is 1.68 bits per heavy atom. The lowest BCUT2D eigenvalue weighted by Crippen LogP contribution is -2.41. The van der Waals surface area contributed by atoms with Crippen molar-refractivity contribution in [3.05, 3.63) is 83.8 Å². The maximum Gasteiger partial charge on any atom is 0.252 e. The van der Waals surface area contributed by atoms with Crippen molar-refractivity contribution in [2.75, 3.05) is 0 Å². The number of H-pyrrole nitrogens is 1. The molecule has 0 bridgehead atoms. The molecule has 1 fully saturated rings. The van der Waals surface area contributed by atoms with Gasteiger partial charge in [-0.1, -0.05) is 18.2 Å². The fraction of sp³-hybridized carbons (Fsp3) is 0.182. The highest BCUT2D eigenvalue weighted by atomic mass is 16.4. The molecule has 0 radical (unpaired) electrons. The van der Waals surface area contributed by atoms with E-state index < -0.39 is 11.5 Å². The number of rotatable bonds is 2. The lowest BCUT2D eigenvalue weighted by atomic mass is 9.77. The Hall–Kier alpha value is -3.54. The lowest BCUT2D eigenvalue weighted by Gasteiger charge is -2.28. The normalized spacial score (nSPS) is 20.6. The minimum Gasteiger partial charge on any atom is -0.467 e. The minimum absolute atomic E-state index is 0.196. The first-order chi connectivity index (χ1) is 13.7. The summed E-state index contributed by atoms with van der Waals surface area (Å²) in [6, 6.07) is 14.2. The number of furan rings is 2. The maximum atomic E-state index is 13.7. The monoisotopic (exact) mass is 372 g/mol. The fourth-order valence-electron chi connectivity index (χ4n) is 4.79. The maximum absolute atomic E-state index is 13.7. The summed E-state index contributed by atoms with van der Waals surface area (Å²) in [7, 11) is 0. The smallest absolute Gasteiger partial charge is 0.252 e. The molecule has 1 N–H and O–H groups in total. The highest BCUT2D eigenvalue weighted by Crippen LogP contribution is 2.46. The van der Waals surface area contributed by atoms with Crippen LogP contribution in [-0.2, 0) is 28.0 Å². The number of nitrogens with zero attached hydrogens (tertiary/aromatic N) is 1. The van der Waals surface area contributed by atoms with Crippen LogP contribution in [0.2, 0.25) is 0 Å². The van der Waals surface area contributed by atoms with Crippen LogP contribution in [0.3, 0.4) is 0 Å². The highest BCUT2D eigenvalue weighted by molar-refractivity contribution is 6.21. The Kier molecular flexibility index (Phi) is 2.91. The third kappa shape index (κ3) is 1.72. The standard InChI is InChI=1S/C22H16N2O4/c25-20-17-11-14-13-5-1-2-6-15(13)23-16(14)12-24(17)21(26)22(20,18-7-3-9-27-18)19-8-4-10-28-19/h1-10,17,23H,11-12H2. The third-order valence-corrected chi connectivity index (χ3v) is 6.04. The Balaban J connectivity index is 1.54. The SMILES string of the molecule is O=C1C2Cc3c([nH]c4ccccc34)CN2C(=O)C1(c1ccco1)c1ccco1. The molecule has 4 aromatic rings. The summed E-state index contributed by atoms with van der Waals surface area (Å²) < 4.78 is 11.2. The molecule has 6 rings (SSSR count). The average molecular weight is 372 g/mol. The molecule has 28 heavy (non-hydrogen) atoms. The molecule has 6 nitrogen and oxygen atoms in total. The van der Waals surface area contributed by atoms with Crippen molar-refractivity contribution in [3.63, 3.8) is 0 Å². The number of fused-ring (bicyclic) bond motifs is 4. The summed E-state index contributed by atoms with van der Waals surface area (Å²) in [5, 5.41) is 1.10. The number of aromatic amines is 1. The van der Waals surface area contributed by atoms with Crippen LogP contribution < -0.4 is 0 Å². The first-order valence-corrected chi connectivity index (χ1v) is 9.23. The minimum atomic E-state index is -1.56. The molecule has 5 heterocycles. The van der Waals surface area contributed by atoms with E-state index in [2.05, 4.69) is 4.98 Å². The molecule has 0 saturated carbocycles. The Morgan fingerprint density at radius 3 is 2.36 bits per heavy atom. The number of carbonyl (C=O) groups excluding carboxylic acids is 2. The van der Waals surface area contributed by atoms with Crippen molar-refractivity contribution in [1.82, 2.24) is 9.88 Å². The van der Waals surface area contributed by atoms with Gasteiger partial charge in [-0.15, -0.1) is 0 Å². The topological polar surface area (TPSA) is 79.5 Å². The largest absolute Gasteiger partial charge is 0.467 e. The summed E-state index contributed by atoms with van der Waals surface area (Å²) in [6.45, 7) is 0.364. The second-order valence-electron chi connectivity index (χ2n) is 7.35. The predicted molar refractivity (Wildman–Crippen MR) is 99.5 cm³/mol. The number of benzene rings is 1. The van der Waals surface area contributed by atoms with Gasteiger partial charge in [0.1, 0.15) is 11.5 Å². The van der Waals surface area contributed by atoms with Gasteiger partial charge in [0.15, 0.2) is 5.78 Å². The molecule has 2 aliphatic rings. The van der Waals surface area contributed by atoms with E-state index in [4.69, 9.17) is 8.83 Å². The molecule has 2 aliphatic heterocycles. The number of para-hydroxylation sites is 1. The van der Waals surface area contributed by atoms with Gasteiger partial charge in [-0.25, -0.2) is 0 Å². The van der Waals surface area contributed by atoms with Gasteiger partial charge in [-0.05, 0) is 35.9 Å². The highest BCUT2D eigenvalue weighted by Gasteiger charge is 2.65. The van der Waals surface area contributed by atoms with Crippen LogP contribution in [-0.4, -0.2) is 27.6 Å². The Bertz CT molecular complexity index is 1180. The molecule has 1 amide bonds. The lowest BCUT2D eigenvalue weighted by molar-refractivity contribution is -0.134. The molecule has 1 atom stereocenters. The molecule has 3 aromatic heterocycles. The van der Waals surface area contributed by atoms with E-state index >= 15 is 0 Å². The zero-order valence-corrected chi connectivity index (χ0v) is 14.8. The first-order valence-electron chi connectivity index (χ1n) is 9.23. The quantitative estimate of drug-likeness (QED) is 0.548. The first kappa shape index (κ1) is 15.5. The zero-order chi connectivity index (χ0) is 18.9. The van der Waals surface area contributed by atoms with Crippen LogP contribution >= 0.6 is 0 Å². The van der Waals surface area contributed by atoms with Gasteiger partial charge in [0.25, 0.3) is 5.91 Å². The number of carbonyl (C=O) groups is 2. The molecule has 6 heteroatoms. The number of nitrogens with one attached hydrogen (secondary N) is 1. The van der Waals surface area contributed by atoms with Crippen molar-refractivity contribution < 1.29 is 18.4 Å². The molecular formula is C22H16N2O4. The predicted octanol–water partition coefficient (Wildman–Crippen LogP) is 3.18. The van der Waals surface area contributed by atoms with E-state index in [0.717, 1.165) is 22.2 Å². The van der Waals surface area contributed by atoms with E-state index in [1.165, 1.54) is 12.5 Å². The summed E-state index contributed by atoms with van der Waals surface area (Å²) >= 11 is 0. The average Bonchev–Trinajstić information content (AvgIpc) is 3.49. The van der Waals surface area contributed by atoms with Crippen molar-refractivity contribution in [2.24, 2.45) is 0 Å². The van der Waals surface area contributed by atoms with Crippen LogP contribution in [0.25, 0.3) is 10.9 Å². The summed E-state index contributed by atoms with van der Waals surface area (Å²) in [5.74, 6) is 0.121. The number of amides is 1. The number of aromatic nitrogens is 1. The van der Waals surface area contributed by atoms with Crippen molar-refractivity contribution in [1.29, 1.82) is 0 Å². The number of ketones is 1. The van der Waals surface area contributed by atoms with Gasteiger partial charge in [-0.2, -0.15) is 0 Å². The second-order valence-corrected chi connectivity index (χ2v) is 7.35. The van der Waals surface area contributed by atoms with Crippen molar-refractivity contribution in [2.45, 2.75) is 24.4 Å².